The summed E-state index contributed by atoms with van der Waals surface area (Å²) < 4.78 is 9.26. The Morgan fingerprint density at radius 3 is 2.73 bits per heavy atom. The monoisotopic (exact) mass is 444 g/mol. The summed E-state index contributed by atoms with van der Waals surface area (Å²) in [5, 5.41) is 10.4. The normalized spacial score (nSPS) is 13.5. The molecule has 5 rings (SSSR count). The minimum Gasteiger partial charge on any atom is -0.489 e. The molecule has 0 atom stereocenters. The molecule has 168 valence electrons. The van der Waals surface area contributed by atoms with Crippen molar-refractivity contribution in [3.05, 3.63) is 88.0 Å². The number of carboxylic acid groups (broad SMARTS) is 1. The average molecular weight is 444 g/mol. The molecule has 3 aromatic heterocycles. The molecule has 0 saturated heterocycles. The molecule has 4 aromatic rings. The van der Waals surface area contributed by atoms with Crippen molar-refractivity contribution >= 4 is 17.1 Å². The third-order valence-electron chi connectivity index (χ3n) is 6.10. The van der Waals surface area contributed by atoms with Gasteiger partial charge in [-0.3, -0.25) is 9.36 Å². The van der Waals surface area contributed by atoms with E-state index in [4.69, 9.17) is 9.72 Å². The van der Waals surface area contributed by atoms with Crippen molar-refractivity contribution < 1.29 is 14.6 Å². The lowest BCUT2D eigenvalue weighted by Crippen LogP contribution is -2.28. The van der Waals surface area contributed by atoms with E-state index in [9.17, 15) is 14.7 Å². The fraction of sp³-hybridized carbons (Fsp3) is 0.240. The lowest BCUT2D eigenvalue weighted by Gasteiger charge is -2.16. The summed E-state index contributed by atoms with van der Waals surface area (Å²) in [5.74, 6) is 1.01. The number of hydrogen-bond donors (Lipinski definition) is 1. The van der Waals surface area contributed by atoms with Crippen LogP contribution in [-0.2, 0) is 26.6 Å². The van der Waals surface area contributed by atoms with Gasteiger partial charge in [-0.2, -0.15) is 0 Å². The third-order valence-corrected chi connectivity index (χ3v) is 6.10. The van der Waals surface area contributed by atoms with Crippen molar-refractivity contribution in [2.75, 3.05) is 6.54 Å². The number of ether oxygens (including phenoxy) is 1. The minimum absolute atomic E-state index is 0.236. The Labute approximate surface area is 190 Å². The quantitative estimate of drug-likeness (QED) is 0.518. The van der Waals surface area contributed by atoms with Gasteiger partial charge in [-0.1, -0.05) is 30.3 Å². The van der Waals surface area contributed by atoms with Gasteiger partial charge in [0.25, 0.3) is 5.56 Å². The van der Waals surface area contributed by atoms with Gasteiger partial charge in [0.15, 0.2) is 0 Å². The molecule has 1 N–H and O–H groups in total. The van der Waals surface area contributed by atoms with E-state index >= 15 is 0 Å². The average Bonchev–Trinajstić information content (AvgIpc) is 2.96. The number of aromatic nitrogens is 3. The van der Waals surface area contributed by atoms with Crippen molar-refractivity contribution in [3.8, 4) is 11.6 Å². The zero-order valence-corrected chi connectivity index (χ0v) is 18.3. The number of amides is 1. The van der Waals surface area contributed by atoms with Gasteiger partial charge in [-0.05, 0) is 36.6 Å². The largest absolute Gasteiger partial charge is 0.489 e. The molecular formula is C25H24N4O4. The Kier molecular flexibility index (Phi) is 5.34. The molecule has 1 aliphatic heterocycles. The van der Waals surface area contributed by atoms with Crippen LogP contribution in [0.1, 0.15) is 23.2 Å². The Morgan fingerprint density at radius 1 is 1.15 bits per heavy atom. The highest BCUT2D eigenvalue weighted by Crippen LogP contribution is 2.29. The van der Waals surface area contributed by atoms with Crippen LogP contribution >= 0.6 is 0 Å². The molecule has 0 saturated carbocycles. The fourth-order valence-electron chi connectivity index (χ4n) is 4.40. The summed E-state index contributed by atoms with van der Waals surface area (Å²) in [6, 6.07) is 16.7. The Bertz CT molecular complexity index is 1390. The van der Waals surface area contributed by atoms with E-state index in [0.29, 0.717) is 31.3 Å². The van der Waals surface area contributed by atoms with Gasteiger partial charge >= 0.3 is 6.09 Å². The number of carbonyl (C=O) groups is 1. The fourth-order valence-corrected chi connectivity index (χ4v) is 4.40. The second kappa shape index (κ2) is 8.46. The van der Waals surface area contributed by atoms with Crippen LogP contribution in [0.2, 0.25) is 0 Å². The lowest BCUT2D eigenvalue weighted by molar-refractivity contribution is 0.143. The number of nitrogens with zero attached hydrogens (tertiary/aromatic N) is 4. The molecule has 1 aliphatic rings. The lowest BCUT2D eigenvalue weighted by atomic mass is 10.1. The van der Waals surface area contributed by atoms with Crippen molar-refractivity contribution in [1.82, 2.24) is 19.0 Å². The molecule has 1 amide bonds. The van der Waals surface area contributed by atoms with Gasteiger partial charge in [0.05, 0.1) is 6.54 Å². The van der Waals surface area contributed by atoms with Crippen LogP contribution in [0.25, 0.3) is 16.9 Å². The van der Waals surface area contributed by atoms with E-state index in [0.717, 1.165) is 40.7 Å². The molecule has 8 nitrogen and oxygen atoms in total. The van der Waals surface area contributed by atoms with Crippen LogP contribution in [-0.4, -0.2) is 36.8 Å². The first-order valence-corrected chi connectivity index (χ1v) is 10.9. The van der Waals surface area contributed by atoms with Gasteiger partial charge in [0.2, 0.25) is 0 Å². The predicted molar refractivity (Wildman–Crippen MR) is 124 cm³/mol. The van der Waals surface area contributed by atoms with Crippen molar-refractivity contribution in [1.29, 1.82) is 0 Å². The minimum atomic E-state index is -0.912. The predicted octanol–water partition coefficient (Wildman–Crippen LogP) is 3.73. The molecule has 8 heteroatoms. The molecule has 1 aromatic carbocycles. The zero-order valence-electron chi connectivity index (χ0n) is 18.3. The maximum Gasteiger partial charge on any atom is 0.407 e. The van der Waals surface area contributed by atoms with E-state index in [-0.39, 0.29) is 5.56 Å². The van der Waals surface area contributed by atoms with E-state index in [1.807, 2.05) is 48.0 Å². The van der Waals surface area contributed by atoms with E-state index in [2.05, 4.69) is 0 Å². The van der Waals surface area contributed by atoms with Gasteiger partial charge in [-0.25, -0.2) is 9.78 Å². The first kappa shape index (κ1) is 20.8. The zero-order chi connectivity index (χ0) is 22.9. The molecule has 4 heterocycles. The first-order valence-electron chi connectivity index (χ1n) is 10.9. The molecule has 0 spiro atoms. The molecular weight excluding hydrogens is 420 g/mol. The van der Waals surface area contributed by atoms with Gasteiger partial charge in [-0.15, -0.1) is 0 Å². The van der Waals surface area contributed by atoms with Gasteiger partial charge in [0, 0.05) is 42.5 Å². The SMILES string of the molecule is Cn1c2c(c3ccc(-n4ccc(OCc5ccccc5)cc4=O)nc31)CN(C(=O)O)CCC2. The highest BCUT2D eigenvalue weighted by Gasteiger charge is 2.24. The topological polar surface area (TPSA) is 89.6 Å². The highest BCUT2D eigenvalue weighted by atomic mass is 16.5. The van der Waals surface area contributed by atoms with Crippen LogP contribution in [0.5, 0.6) is 5.75 Å². The molecule has 0 radical (unpaired) electrons. The van der Waals surface area contributed by atoms with E-state index in [1.165, 1.54) is 15.5 Å². The number of fused-ring (bicyclic) bond motifs is 3. The molecule has 0 aliphatic carbocycles. The highest BCUT2D eigenvalue weighted by molar-refractivity contribution is 5.83. The summed E-state index contributed by atoms with van der Waals surface area (Å²) >= 11 is 0. The first-order chi connectivity index (χ1) is 16.0. The van der Waals surface area contributed by atoms with Crippen molar-refractivity contribution in [3.63, 3.8) is 0 Å². The van der Waals surface area contributed by atoms with E-state index in [1.54, 1.807) is 18.3 Å². The summed E-state index contributed by atoms with van der Waals surface area (Å²) in [7, 11) is 1.94. The summed E-state index contributed by atoms with van der Waals surface area (Å²) in [5.41, 5.74) is 3.61. The standard InChI is InChI=1S/C25H24N4O4/c1-27-21-8-5-12-28(25(31)32)15-20(21)19-9-10-22(26-24(19)27)29-13-11-18(14-23(29)30)33-16-17-6-3-2-4-7-17/h2-4,6-7,9-11,13-14H,5,8,12,15-16H2,1H3,(H,31,32). The summed E-state index contributed by atoms with van der Waals surface area (Å²) in [6.45, 7) is 1.25. The number of rotatable bonds is 4. The summed E-state index contributed by atoms with van der Waals surface area (Å²) in [6.07, 6.45) is 2.30. The molecule has 0 fully saturated rings. The Hall–Kier alpha value is -4.07. The number of benzene rings is 1. The second-order valence-electron chi connectivity index (χ2n) is 8.18. The van der Waals surface area contributed by atoms with Crippen LogP contribution in [0, 0.1) is 0 Å². The van der Waals surface area contributed by atoms with Gasteiger partial charge in [0.1, 0.15) is 23.8 Å². The van der Waals surface area contributed by atoms with Crippen LogP contribution < -0.4 is 10.3 Å². The molecule has 0 unspecified atom stereocenters. The molecule has 33 heavy (non-hydrogen) atoms. The smallest absolute Gasteiger partial charge is 0.407 e. The number of pyridine rings is 2. The second-order valence-corrected chi connectivity index (χ2v) is 8.18. The Morgan fingerprint density at radius 2 is 1.97 bits per heavy atom. The maximum absolute atomic E-state index is 12.8. The third kappa shape index (κ3) is 3.95. The van der Waals surface area contributed by atoms with Crippen molar-refractivity contribution in [2.24, 2.45) is 7.05 Å². The maximum atomic E-state index is 12.8. The number of hydrogen-bond acceptors (Lipinski definition) is 4. The van der Waals surface area contributed by atoms with Gasteiger partial charge < -0.3 is 19.3 Å². The Balaban J connectivity index is 1.45. The van der Waals surface area contributed by atoms with Crippen LogP contribution in [0.4, 0.5) is 4.79 Å². The van der Waals surface area contributed by atoms with Crippen molar-refractivity contribution in [2.45, 2.75) is 26.0 Å². The summed E-state index contributed by atoms with van der Waals surface area (Å²) in [4.78, 5) is 30.5. The van der Waals surface area contributed by atoms with Crippen LogP contribution in [0.15, 0.2) is 65.6 Å². The van der Waals surface area contributed by atoms with E-state index < -0.39 is 6.09 Å². The number of aryl methyl sites for hydroxylation is 1. The van der Waals surface area contributed by atoms with Crippen LogP contribution in [0.3, 0.4) is 0 Å². The molecule has 0 bridgehead atoms.